The lowest BCUT2D eigenvalue weighted by atomic mass is 10.1. The molecular formula is C10H18N2O3. The standard InChI is InChI=1S/C10H18N2O3/c1-4-9(8(3)12(14)15)11-7(2)5-6-10(11)13/h7-9H,4-6H2,1-3H3/t7-,8+,9-/m0/s1. The van der Waals surface area contributed by atoms with Gasteiger partial charge >= 0.3 is 0 Å². The van der Waals surface area contributed by atoms with Crippen molar-refractivity contribution in [2.45, 2.75) is 58.2 Å². The minimum atomic E-state index is -0.681. The zero-order valence-electron chi connectivity index (χ0n) is 9.47. The van der Waals surface area contributed by atoms with Gasteiger partial charge in [-0.05, 0) is 19.8 Å². The number of amides is 1. The highest BCUT2D eigenvalue weighted by Gasteiger charge is 2.39. The van der Waals surface area contributed by atoms with Gasteiger partial charge in [-0.25, -0.2) is 0 Å². The lowest BCUT2D eigenvalue weighted by molar-refractivity contribution is -0.525. The molecule has 1 rings (SSSR count). The van der Waals surface area contributed by atoms with Crippen LogP contribution in [-0.2, 0) is 4.79 Å². The molecule has 1 fully saturated rings. The highest BCUT2D eigenvalue weighted by atomic mass is 16.6. The van der Waals surface area contributed by atoms with Gasteiger partial charge in [0.25, 0.3) is 0 Å². The van der Waals surface area contributed by atoms with E-state index >= 15 is 0 Å². The Morgan fingerprint density at radius 3 is 2.60 bits per heavy atom. The summed E-state index contributed by atoms with van der Waals surface area (Å²) in [5.74, 6) is 0.0584. The molecule has 0 aromatic carbocycles. The van der Waals surface area contributed by atoms with E-state index in [4.69, 9.17) is 0 Å². The minimum absolute atomic E-state index is 0.0584. The molecule has 0 aromatic rings. The van der Waals surface area contributed by atoms with E-state index in [1.165, 1.54) is 0 Å². The third-order valence-corrected chi connectivity index (χ3v) is 3.20. The van der Waals surface area contributed by atoms with Crippen LogP contribution in [0.4, 0.5) is 0 Å². The molecule has 1 aliphatic rings. The van der Waals surface area contributed by atoms with Gasteiger partial charge in [-0.3, -0.25) is 14.9 Å². The number of nitrogens with zero attached hydrogens (tertiary/aromatic N) is 2. The number of carbonyl (C=O) groups excluding carboxylic acids is 1. The van der Waals surface area contributed by atoms with Crippen LogP contribution in [0, 0.1) is 10.1 Å². The first-order valence-corrected chi connectivity index (χ1v) is 5.43. The smallest absolute Gasteiger partial charge is 0.230 e. The molecule has 86 valence electrons. The normalized spacial score (nSPS) is 25.4. The Kier molecular flexibility index (Phi) is 3.66. The number of hydrogen-bond acceptors (Lipinski definition) is 3. The topological polar surface area (TPSA) is 63.5 Å². The highest BCUT2D eigenvalue weighted by molar-refractivity contribution is 5.79. The van der Waals surface area contributed by atoms with E-state index in [1.807, 2.05) is 13.8 Å². The van der Waals surface area contributed by atoms with Crippen molar-refractivity contribution in [2.75, 3.05) is 0 Å². The Bertz CT molecular complexity index is 267. The zero-order chi connectivity index (χ0) is 11.6. The summed E-state index contributed by atoms with van der Waals surface area (Å²) >= 11 is 0. The van der Waals surface area contributed by atoms with Crippen LogP contribution in [0.3, 0.4) is 0 Å². The van der Waals surface area contributed by atoms with Gasteiger partial charge in [0.2, 0.25) is 11.9 Å². The number of hydrogen-bond donors (Lipinski definition) is 0. The van der Waals surface area contributed by atoms with Gasteiger partial charge in [-0.2, -0.15) is 0 Å². The molecule has 0 unspecified atom stereocenters. The molecule has 0 N–H and O–H groups in total. The molecule has 0 radical (unpaired) electrons. The largest absolute Gasteiger partial charge is 0.330 e. The van der Waals surface area contributed by atoms with Crippen LogP contribution < -0.4 is 0 Å². The van der Waals surface area contributed by atoms with Crippen LogP contribution in [0.5, 0.6) is 0 Å². The van der Waals surface area contributed by atoms with Crippen LogP contribution in [0.2, 0.25) is 0 Å². The third-order valence-electron chi connectivity index (χ3n) is 3.20. The molecule has 5 nitrogen and oxygen atoms in total. The minimum Gasteiger partial charge on any atom is -0.330 e. The number of nitro groups is 1. The third kappa shape index (κ3) is 2.27. The van der Waals surface area contributed by atoms with E-state index in [1.54, 1.807) is 11.8 Å². The molecule has 0 aromatic heterocycles. The average molecular weight is 214 g/mol. The van der Waals surface area contributed by atoms with Gasteiger partial charge in [0.1, 0.15) is 0 Å². The summed E-state index contributed by atoms with van der Waals surface area (Å²) in [5, 5.41) is 10.7. The molecule has 0 aliphatic carbocycles. The van der Waals surface area contributed by atoms with Crippen molar-refractivity contribution in [1.29, 1.82) is 0 Å². The van der Waals surface area contributed by atoms with E-state index in [9.17, 15) is 14.9 Å². The summed E-state index contributed by atoms with van der Waals surface area (Å²) in [6.07, 6.45) is 1.99. The molecule has 1 aliphatic heterocycles. The molecule has 5 heteroatoms. The molecule has 0 saturated carbocycles. The lowest BCUT2D eigenvalue weighted by Gasteiger charge is -2.31. The second-order valence-electron chi connectivity index (χ2n) is 4.19. The lowest BCUT2D eigenvalue weighted by Crippen LogP contribution is -2.48. The number of likely N-dealkylation sites (tertiary alicyclic amines) is 1. The fraction of sp³-hybridized carbons (Fsp3) is 0.900. The van der Waals surface area contributed by atoms with Crippen LogP contribution in [-0.4, -0.2) is 33.9 Å². The van der Waals surface area contributed by atoms with Crippen LogP contribution >= 0.6 is 0 Å². The highest BCUT2D eigenvalue weighted by Crippen LogP contribution is 2.24. The van der Waals surface area contributed by atoms with Gasteiger partial charge in [0, 0.05) is 24.3 Å². The molecule has 0 spiro atoms. The predicted molar refractivity (Wildman–Crippen MR) is 56.1 cm³/mol. The summed E-state index contributed by atoms with van der Waals surface area (Å²) in [5.41, 5.74) is 0. The Morgan fingerprint density at radius 1 is 1.67 bits per heavy atom. The molecule has 1 heterocycles. The van der Waals surface area contributed by atoms with E-state index in [0.29, 0.717) is 12.8 Å². The molecule has 1 saturated heterocycles. The van der Waals surface area contributed by atoms with Crippen molar-refractivity contribution >= 4 is 5.91 Å². The Balaban J connectivity index is 2.81. The first-order chi connectivity index (χ1) is 6.99. The Morgan fingerprint density at radius 2 is 2.27 bits per heavy atom. The monoisotopic (exact) mass is 214 g/mol. The van der Waals surface area contributed by atoms with Crippen molar-refractivity contribution < 1.29 is 9.72 Å². The van der Waals surface area contributed by atoms with Crippen molar-refractivity contribution in [3.8, 4) is 0 Å². The van der Waals surface area contributed by atoms with Crippen LogP contribution in [0.15, 0.2) is 0 Å². The van der Waals surface area contributed by atoms with Gasteiger partial charge in [-0.15, -0.1) is 0 Å². The fourth-order valence-corrected chi connectivity index (χ4v) is 2.27. The number of rotatable bonds is 4. The van der Waals surface area contributed by atoms with Crippen molar-refractivity contribution in [3.63, 3.8) is 0 Å². The molecule has 15 heavy (non-hydrogen) atoms. The van der Waals surface area contributed by atoms with E-state index in [-0.39, 0.29) is 22.9 Å². The van der Waals surface area contributed by atoms with E-state index < -0.39 is 6.04 Å². The summed E-state index contributed by atoms with van der Waals surface area (Å²) < 4.78 is 0. The van der Waals surface area contributed by atoms with Gasteiger partial charge in [-0.1, -0.05) is 6.92 Å². The fourth-order valence-electron chi connectivity index (χ4n) is 2.27. The van der Waals surface area contributed by atoms with Crippen molar-refractivity contribution in [1.82, 2.24) is 4.90 Å². The summed E-state index contributed by atoms with van der Waals surface area (Å²) in [6, 6.07) is -0.797. The quantitative estimate of drug-likeness (QED) is 0.525. The summed E-state index contributed by atoms with van der Waals surface area (Å²) in [4.78, 5) is 23.8. The van der Waals surface area contributed by atoms with Crippen LogP contribution in [0.25, 0.3) is 0 Å². The molecular weight excluding hydrogens is 196 g/mol. The molecule has 0 bridgehead atoms. The van der Waals surface area contributed by atoms with Crippen molar-refractivity contribution in [2.24, 2.45) is 0 Å². The maximum Gasteiger partial charge on any atom is 0.230 e. The number of carbonyl (C=O) groups is 1. The average Bonchev–Trinajstić information content (AvgIpc) is 2.50. The SMILES string of the molecule is CC[C@@H]([C@@H](C)[N+](=O)[O-])N1C(=O)CC[C@@H]1C. The molecule has 3 atom stereocenters. The Hall–Kier alpha value is -1.13. The second-order valence-corrected chi connectivity index (χ2v) is 4.19. The summed E-state index contributed by atoms with van der Waals surface area (Å²) in [7, 11) is 0. The van der Waals surface area contributed by atoms with Crippen LogP contribution in [0.1, 0.15) is 40.0 Å². The van der Waals surface area contributed by atoms with E-state index in [0.717, 1.165) is 6.42 Å². The first kappa shape index (κ1) is 11.9. The van der Waals surface area contributed by atoms with E-state index in [2.05, 4.69) is 0 Å². The van der Waals surface area contributed by atoms with Gasteiger partial charge < -0.3 is 4.90 Å². The van der Waals surface area contributed by atoms with Crippen molar-refractivity contribution in [3.05, 3.63) is 10.1 Å². The van der Waals surface area contributed by atoms with Gasteiger partial charge in [0.05, 0.1) is 6.04 Å². The Labute approximate surface area is 89.6 Å². The zero-order valence-corrected chi connectivity index (χ0v) is 9.47. The maximum absolute atomic E-state index is 11.6. The molecule has 1 amide bonds. The maximum atomic E-state index is 11.6. The second kappa shape index (κ2) is 4.59. The first-order valence-electron chi connectivity index (χ1n) is 5.43. The summed E-state index contributed by atoms with van der Waals surface area (Å²) in [6.45, 7) is 5.43. The predicted octanol–water partition coefficient (Wildman–Crippen LogP) is 1.44. The van der Waals surface area contributed by atoms with Gasteiger partial charge in [0.15, 0.2) is 0 Å².